The molecule has 0 spiro atoms. The Hall–Kier alpha value is -2.30. The molecule has 5 heteroatoms. The molecule has 15 heavy (non-hydrogen) atoms. The summed E-state index contributed by atoms with van der Waals surface area (Å²) in [6, 6.07) is 1.90. The number of fused-ring (bicyclic) bond motifs is 1. The van der Waals surface area contributed by atoms with E-state index < -0.39 is 0 Å². The minimum Gasteiger partial charge on any atom is -0.397 e. The maximum absolute atomic E-state index is 5.71. The Balaban J connectivity index is 2.32. The van der Waals surface area contributed by atoms with Gasteiger partial charge in [-0.2, -0.15) is 5.10 Å². The molecule has 3 heterocycles. The molecule has 0 atom stereocenters. The molecule has 3 aromatic rings. The number of nitrogens with two attached hydrogens (primary N) is 1. The SMILES string of the molecule is Nc1cnc2[nH]cc(-c3cn[nH]c3)c2c1. The number of nitrogens with one attached hydrogen (secondary N) is 2. The molecule has 0 aliphatic heterocycles. The average molecular weight is 199 g/mol. The number of rotatable bonds is 1. The summed E-state index contributed by atoms with van der Waals surface area (Å²) < 4.78 is 0. The standard InChI is InChI=1S/C10H9N5/c11-7-1-8-9(6-2-14-15-3-6)5-13-10(8)12-4-7/h1-5H,11H2,(H,12,13)(H,14,15). The summed E-state index contributed by atoms with van der Waals surface area (Å²) >= 11 is 0. The van der Waals surface area contributed by atoms with Crippen molar-refractivity contribution in [3.8, 4) is 11.1 Å². The maximum atomic E-state index is 5.71. The van der Waals surface area contributed by atoms with Crippen molar-refractivity contribution in [2.24, 2.45) is 0 Å². The largest absolute Gasteiger partial charge is 0.397 e. The Morgan fingerprint density at radius 1 is 1.20 bits per heavy atom. The molecule has 74 valence electrons. The van der Waals surface area contributed by atoms with Crippen molar-refractivity contribution in [3.63, 3.8) is 0 Å². The summed E-state index contributed by atoms with van der Waals surface area (Å²) in [6.45, 7) is 0. The lowest BCUT2D eigenvalue weighted by Gasteiger charge is -1.95. The van der Waals surface area contributed by atoms with E-state index in [9.17, 15) is 0 Å². The van der Waals surface area contributed by atoms with Crippen LogP contribution in [-0.2, 0) is 0 Å². The number of aromatic nitrogens is 4. The van der Waals surface area contributed by atoms with Gasteiger partial charge in [-0.3, -0.25) is 5.10 Å². The van der Waals surface area contributed by atoms with E-state index in [4.69, 9.17) is 5.73 Å². The van der Waals surface area contributed by atoms with Gasteiger partial charge >= 0.3 is 0 Å². The molecule has 0 amide bonds. The topological polar surface area (TPSA) is 83.4 Å². The minimum absolute atomic E-state index is 0.659. The summed E-state index contributed by atoms with van der Waals surface area (Å²) in [7, 11) is 0. The summed E-state index contributed by atoms with van der Waals surface area (Å²) in [4.78, 5) is 7.30. The van der Waals surface area contributed by atoms with Crippen LogP contribution in [0.25, 0.3) is 22.2 Å². The van der Waals surface area contributed by atoms with E-state index in [0.29, 0.717) is 5.69 Å². The number of H-pyrrole nitrogens is 2. The number of hydrogen-bond acceptors (Lipinski definition) is 3. The van der Waals surface area contributed by atoms with Crippen molar-refractivity contribution in [2.45, 2.75) is 0 Å². The maximum Gasteiger partial charge on any atom is 0.138 e. The van der Waals surface area contributed by atoms with E-state index in [1.54, 1.807) is 12.4 Å². The summed E-state index contributed by atoms with van der Waals surface area (Å²) in [5.74, 6) is 0. The number of aromatic amines is 2. The third kappa shape index (κ3) is 1.17. The molecule has 3 aromatic heterocycles. The Kier molecular flexibility index (Phi) is 1.53. The lowest BCUT2D eigenvalue weighted by atomic mass is 10.1. The Morgan fingerprint density at radius 3 is 2.93 bits per heavy atom. The van der Waals surface area contributed by atoms with Crippen LogP contribution in [0.3, 0.4) is 0 Å². The lowest BCUT2D eigenvalue weighted by molar-refractivity contribution is 1.09. The molecule has 0 saturated carbocycles. The second kappa shape index (κ2) is 2.84. The van der Waals surface area contributed by atoms with Crippen LogP contribution in [-0.4, -0.2) is 20.2 Å². The highest BCUT2D eigenvalue weighted by Gasteiger charge is 2.07. The average Bonchev–Trinajstić information content (AvgIpc) is 2.83. The lowest BCUT2D eigenvalue weighted by Crippen LogP contribution is -1.85. The van der Waals surface area contributed by atoms with Crippen molar-refractivity contribution in [2.75, 3.05) is 5.73 Å². The van der Waals surface area contributed by atoms with E-state index in [0.717, 1.165) is 22.2 Å². The molecule has 0 aliphatic rings. The van der Waals surface area contributed by atoms with Crippen LogP contribution < -0.4 is 5.73 Å². The molecule has 4 N–H and O–H groups in total. The highest BCUT2D eigenvalue weighted by atomic mass is 15.1. The normalized spacial score (nSPS) is 10.9. The van der Waals surface area contributed by atoms with Gasteiger partial charge in [0.15, 0.2) is 0 Å². The monoisotopic (exact) mass is 199 g/mol. The predicted molar refractivity (Wildman–Crippen MR) is 58.1 cm³/mol. The van der Waals surface area contributed by atoms with Crippen LogP contribution in [0.15, 0.2) is 30.9 Å². The van der Waals surface area contributed by atoms with Crippen molar-refractivity contribution in [1.29, 1.82) is 0 Å². The van der Waals surface area contributed by atoms with Gasteiger partial charge in [-0.15, -0.1) is 0 Å². The highest BCUT2D eigenvalue weighted by Crippen LogP contribution is 2.27. The van der Waals surface area contributed by atoms with Gasteiger partial charge in [0.05, 0.1) is 18.1 Å². The predicted octanol–water partition coefficient (Wildman–Crippen LogP) is 1.54. The summed E-state index contributed by atoms with van der Waals surface area (Å²) in [5.41, 5.74) is 9.27. The van der Waals surface area contributed by atoms with Gasteiger partial charge in [-0.05, 0) is 6.07 Å². The molecule has 5 nitrogen and oxygen atoms in total. The second-order valence-electron chi connectivity index (χ2n) is 3.35. The fourth-order valence-electron chi connectivity index (χ4n) is 1.66. The van der Waals surface area contributed by atoms with E-state index in [-0.39, 0.29) is 0 Å². The molecule has 3 rings (SSSR count). The highest BCUT2D eigenvalue weighted by molar-refractivity contribution is 5.94. The molecule has 0 bridgehead atoms. The first-order chi connectivity index (χ1) is 7.34. The van der Waals surface area contributed by atoms with E-state index in [1.165, 1.54) is 0 Å². The first-order valence-electron chi connectivity index (χ1n) is 4.56. The van der Waals surface area contributed by atoms with Gasteiger partial charge in [-0.1, -0.05) is 0 Å². The quantitative estimate of drug-likeness (QED) is 0.555. The van der Waals surface area contributed by atoms with E-state index >= 15 is 0 Å². The van der Waals surface area contributed by atoms with Gasteiger partial charge < -0.3 is 10.7 Å². The zero-order chi connectivity index (χ0) is 10.3. The van der Waals surface area contributed by atoms with E-state index in [1.807, 2.05) is 18.5 Å². The Morgan fingerprint density at radius 2 is 2.13 bits per heavy atom. The number of nitrogen functional groups attached to an aromatic ring is 1. The molecule has 0 saturated heterocycles. The fourth-order valence-corrected chi connectivity index (χ4v) is 1.66. The minimum atomic E-state index is 0.659. The van der Waals surface area contributed by atoms with Crippen LogP contribution in [0.4, 0.5) is 5.69 Å². The number of pyridine rings is 1. The number of anilines is 1. The molecule has 0 aromatic carbocycles. The van der Waals surface area contributed by atoms with Gasteiger partial charge in [0.1, 0.15) is 5.65 Å². The third-order valence-corrected chi connectivity index (χ3v) is 2.36. The Labute approximate surface area is 85.3 Å². The molecule has 0 aliphatic carbocycles. The van der Waals surface area contributed by atoms with Crippen LogP contribution in [0.1, 0.15) is 0 Å². The van der Waals surface area contributed by atoms with Gasteiger partial charge in [0.2, 0.25) is 0 Å². The first-order valence-corrected chi connectivity index (χ1v) is 4.56. The van der Waals surface area contributed by atoms with Crippen molar-refractivity contribution >= 4 is 16.7 Å². The van der Waals surface area contributed by atoms with Crippen LogP contribution in [0.5, 0.6) is 0 Å². The van der Waals surface area contributed by atoms with Crippen molar-refractivity contribution in [1.82, 2.24) is 20.2 Å². The molecule has 0 radical (unpaired) electrons. The van der Waals surface area contributed by atoms with Crippen molar-refractivity contribution < 1.29 is 0 Å². The molecule has 0 unspecified atom stereocenters. The van der Waals surface area contributed by atoms with Crippen molar-refractivity contribution in [3.05, 3.63) is 30.9 Å². The molecular formula is C10H9N5. The summed E-state index contributed by atoms with van der Waals surface area (Å²) in [5, 5.41) is 7.71. The first kappa shape index (κ1) is 8.05. The van der Waals surface area contributed by atoms with Gasteiger partial charge in [-0.25, -0.2) is 4.98 Å². The van der Waals surface area contributed by atoms with Crippen LogP contribution >= 0.6 is 0 Å². The van der Waals surface area contributed by atoms with Crippen LogP contribution in [0, 0.1) is 0 Å². The molecular weight excluding hydrogens is 190 g/mol. The Bertz CT molecular complexity index is 593. The van der Waals surface area contributed by atoms with Crippen LogP contribution in [0.2, 0.25) is 0 Å². The summed E-state index contributed by atoms with van der Waals surface area (Å²) in [6.07, 6.45) is 7.15. The smallest absolute Gasteiger partial charge is 0.138 e. The fraction of sp³-hybridized carbons (Fsp3) is 0. The van der Waals surface area contributed by atoms with E-state index in [2.05, 4.69) is 20.2 Å². The van der Waals surface area contributed by atoms with Gasteiger partial charge in [0, 0.05) is 28.9 Å². The number of hydrogen-bond donors (Lipinski definition) is 3. The second-order valence-corrected chi connectivity index (χ2v) is 3.35. The van der Waals surface area contributed by atoms with Gasteiger partial charge in [0.25, 0.3) is 0 Å². The third-order valence-electron chi connectivity index (χ3n) is 2.36. The molecule has 0 fully saturated rings. The number of nitrogens with zero attached hydrogens (tertiary/aromatic N) is 2. The zero-order valence-electron chi connectivity index (χ0n) is 7.86. The zero-order valence-corrected chi connectivity index (χ0v) is 7.86.